The maximum absolute atomic E-state index is 13.8. The highest BCUT2D eigenvalue weighted by molar-refractivity contribution is 6.30. The van der Waals surface area contributed by atoms with Gasteiger partial charge in [0.1, 0.15) is 18.2 Å². The number of ether oxygens (including phenoxy) is 1. The Morgan fingerprint density at radius 1 is 1.17 bits per heavy atom. The lowest BCUT2D eigenvalue weighted by atomic mass is 9.94. The van der Waals surface area contributed by atoms with Crippen LogP contribution in [-0.4, -0.2) is 18.1 Å². The third-order valence-electron chi connectivity index (χ3n) is 3.97. The molecule has 1 N–H and O–H groups in total. The van der Waals surface area contributed by atoms with Gasteiger partial charge in [-0.3, -0.25) is 0 Å². The lowest BCUT2D eigenvalue weighted by molar-refractivity contribution is 0.279. The Bertz CT molecular complexity index is 667. The van der Waals surface area contributed by atoms with Crippen molar-refractivity contribution in [3.63, 3.8) is 0 Å². The van der Waals surface area contributed by atoms with E-state index in [0.717, 1.165) is 43.8 Å². The number of benzene rings is 1. The Kier molecular flexibility index (Phi) is 5.08. The number of pyridine rings is 1. The van der Waals surface area contributed by atoms with Gasteiger partial charge in [0.05, 0.1) is 5.56 Å². The Labute approximate surface area is 138 Å². The number of nitrogens with zero attached hydrogens (tertiary/aromatic N) is 1. The van der Waals surface area contributed by atoms with E-state index >= 15 is 0 Å². The highest BCUT2D eigenvalue weighted by Crippen LogP contribution is 2.25. The lowest BCUT2D eigenvalue weighted by Crippen LogP contribution is -2.27. The summed E-state index contributed by atoms with van der Waals surface area (Å²) in [6.07, 6.45) is 2.05. The third-order valence-corrected chi connectivity index (χ3v) is 4.19. The van der Waals surface area contributed by atoms with E-state index in [4.69, 9.17) is 16.3 Å². The molecule has 0 atom stereocenters. The van der Waals surface area contributed by atoms with Crippen molar-refractivity contribution in [2.45, 2.75) is 25.4 Å². The van der Waals surface area contributed by atoms with Crippen molar-refractivity contribution in [1.82, 2.24) is 10.3 Å². The molecule has 3 nitrogen and oxygen atoms in total. The van der Waals surface area contributed by atoms with Crippen molar-refractivity contribution >= 4 is 11.6 Å². The molecule has 6 heteroatoms. The van der Waals surface area contributed by atoms with Gasteiger partial charge in [-0.15, -0.1) is 0 Å². The first kappa shape index (κ1) is 16.1. The van der Waals surface area contributed by atoms with Crippen LogP contribution in [0.4, 0.5) is 8.78 Å². The highest BCUT2D eigenvalue weighted by atomic mass is 35.5. The Morgan fingerprint density at radius 3 is 2.57 bits per heavy atom. The molecule has 3 rings (SSSR count). The summed E-state index contributed by atoms with van der Waals surface area (Å²) < 4.78 is 33.0. The largest absolute Gasteiger partial charge is 0.473 e. The molecule has 0 spiro atoms. The molecule has 1 aromatic heterocycles. The fraction of sp³-hybridized carbons (Fsp3) is 0.353. The van der Waals surface area contributed by atoms with Gasteiger partial charge >= 0.3 is 0 Å². The van der Waals surface area contributed by atoms with Gasteiger partial charge in [-0.05, 0) is 44.1 Å². The zero-order valence-electron chi connectivity index (χ0n) is 12.5. The van der Waals surface area contributed by atoms with Crippen molar-refractivity contribution in [2.75, 3.05) is 13.1 Å². The number of piperidine rings is 1. The van der Waals surface area contributed by atoms with E-state index in [0.29, 0.717) is 11.8 Å². The smallest absolute Gasteiger partial charge is 0.213 e. The number of halogens is 3. The van der Waals surface area contributed by atoms with Crippen LogP contribution < -0.4 is 10.1 Å². The summed E-state index contributed by atoms with van der Waals surface area (Å²) in [5, 5.41) is 3.33. The molecule has 1 saturated heterocycles. The molecule has 1 fully saturated rings. The zero-order valence-corrected chi connectivity index (χ0v) is 13.2. The first-order valence-corrected chi connectivity index (χ1v) is 7.95. The maximum atomic E-state index is 13.8. The molecule has 1 aromatic carbocycles. The predicted molar refractivity (Wildman–Crippen MR) is 84.8 cm³/mol. The predicted octanol–water partition coefficient (Wildman–Crippen LogP) is 4.06. The molecule has 0 amide bonds. The molecule has 0 radical (unpaired) electrons. The minimum absolute atomic E-state index is 0.0229. The second-order valence-corrected chi connectivity index (χ2v) is 6.00. The van der Waals surface area contributed by atoms with E-state index in [9.17, 15) is 8.78 Å². The summed E-state index contributed by atoms with van der Waals surface area (Å²) in [4.78, 5) is 4.47. The summed E-state index contributed by atoms with van der Waals surface area (Å²) in [5.74, 6) is -0.674. The van der Waals surface area contributed by atoms with Gasteiger partial charge in [-0.2, -0.15) is 0 Å². The Hall–Kier alpha value is -1.72. The van der Waals surface area contributed by atoms with Crippen LogP contribution in [-0.2, 0) is 6.61 Å². The lowest BCUT2D eigenvalue weighted by Gasteiger charge is -2.22. The van der Waals surface area contributed by atoms with E-state index in [1.54, 1.807) is 6.07 Å². The molecule has 1 aliphatic rings. The van der Waals surface area contributed by atoms with E-state index in [2.05, 4.69) is 10.3 Å². The fourth-order valence-electron chi connectivity index (χ4n) is 2.71. The van der Waals surface area contributed by atoms with E-state index in [-0.39, 0.29) is 17.2 Å². The summed E-state index contributed by atoms with van der Waals surface area (Å²) in [5.41, 5.74) is 0.810. The average Bonchev–Trinajstić information content (AvgIpc) is 2.55. The first-order chi connectivity index (χ1) is 11.1. The minimum atomic E-state index is -0.718. The van der Waals surface area contributed by atoms with Crippen LogP contribution in [0.1, 0.15) is 30.0 Å². The van der Waals surface area contributed by atoms with Crippen LogP contribution in [0.2, 0.25) is 5.02 Å². The molecular weight excluding hydrogens is 322 g/mol. The number of rotatable bonds is 4. The second kappa shape index (κ2) is 7.23. The van der Waals surface area contributed by atoms with Crippen LogP contribution in [0.15, 0.2) is 30.3 Å². The summed E-state index contributed by atoms with van der Waals surface area (Å²) in [7, 11) is 0. The standard InChI is InChI=1S/C17H17ClF2N2O/c18-12-8-14(19)13(15(20)9-12)10-23-17-3-1-2-16(22-17)11-4-6-21-7-5-11/h1-3,8-9,11,21H,4-7,10H2. The SMILES string of the molecule is Fc1cc(Cl)cc(F)c1COc1cccc(C2CCNCC2)n1. The maximum Gasteiger partial charge on any atom is 0.213 e. The van der Waals surface area contributed by atoms with E-state index < -0.39 is 11.6 Å². The van der Waals surface area contributed by atoms with Crippen molar-refractivity contribution < 1.29 is 13.5 Å². The van der Waals surface area contributed by atoms with Gasteiger partial charge in [-0.1, -0.05) is 17.7 Å². The van der Waals surface area contributed by atoms with E-state index in [1.165, 1.54) is 0 Å². The number of aromatic nitrogens is 1. The summed E-state index contributed by atoms with van der Waals surface area (Å²) >= 11 is 5.61. The average molecular weight is 339 g/mol. The normalized spacial score (nSPS) is 15.6. The summed E-state index contributed by atoms with van der Waals surface area (Å²) in [6.45, 7) is 1.72. The fourth-order valence-corrected chi connectivity index (χ4v) is 2.90. The number of hydrogen-bond acceptors (Lipinski definition) is 3. The monoisotopic (exact) mass is 338 g/mol. The highest BCUT2D eigenvalue weighted by Gasteiger charge is 2.17. The number of hydrogen-bond donors (Lipinski definition) is 1. The molecule has 0 saturated carbocycles. The van der Waals surface area contributed by atoms with Crippen LogP contribution in [0.5, 0.6) is 5.88 Å². The zero-order chi connectivity index (χ0) is 16.2. The van der Waals surface area contributed by atoms with Crippen molar-refractivity contribution in [3.05, 3.63) is 58.2 Å². The number of nitrogens with one attached hydrogen (secondary N) is 1. The Morgan fingerprint density at radius 2 is 1.87 bits per heavy atom. The van der Waals surface area contributed by atoms with Crippen LogP contribution >= 0.6 is 11.6 Å². The molecule has 0 aliphatic carbocycles. The molecule has 2 heterocycles. The van der Waals surface area contributed by atoms with Crippen LogP contribution in [0.25, 0.3) is 0 Å². The van der Waals surface area contributed by atoms with Crippen molar-refractivity contribution in [3.8, 4) is 5.88 Å². The van der Waals surface area contributed by atoms with Gasteiger partial charge in [0.2, 0.25) is 5.88 Å². The molecular formula is C17H17ClF2N2O. The Balaban J connectivity index is 1.71. The molecule has 1 aliphatic heterocycles. The second-order valence-electron chi connectivity index (χ2n) is 5.56. The minimum Gasteiger partial charge on any atom is -0.473 e. The first-order valence-electron chi connectivity index (χ1n) is 7.57. The molecule has 23 heavy (non-hydrogen) atoms. The molecule has 2 aromatic rings. The van der Waals surface area contributed by atoms with Gasteiger partial charge in [0, 0.05) is 22.7 Å². The van der Waals surface area contributed by atoms with Crippen LogP contribution in [0.3, 0.4) is 0 Å². The van der Waals surface area contributed by atoms with Gasteiger partial charge in [-0.25, -0.2) is 13.8 Å². The topological polar surface area (TPSA) is 34.1 Å². The molecule has 0 bridgehead atoms. The molecule has 122 valence electrons. The third kappa shape index (κ3) is 3.98. The van der Waals surface area contributed by atoms with Crippen molar-refractivity contribution in [1.29, 1.82) is 0 Å². The van der Waals surface area contributed by atoms with Gasteiger partial charge in [0.25, 0.3) is 0 Å². The quantitative estimate of drug-likeness (QED) is 0.913. The van der Waals surface area contributed by atoms with Crippen molar-refractivity contribution in [2.24, 2.45) is 0 Å². The van der Waals surface area contributed by atoms with E-state index in [1.807, 2.05) is 12.1 Å². The van der Waals surface area contributed by atoms with Crippen LogP contribution in [0, 0.1) is 11.6 Å². The van der Waals surface area contributed by atoms with Gasteiger partial charge < -0.3 is 10.1 Å². The van der Waals surface area contributed by atoms with Gasteiger partial charge in [0.15, 0.2) is 0 Å². The summed E-state index contributed by atoms with van der Waals surface area (Å²) in [6, 6.07) is 7.65. The molecule has 0 unspecified atom stereocenters.